The van der Waals surface area contributed by atoms with Crippen LogP contribution < -0.4 is 0 Å². The van der Waals surface area contributed by atoms with Crippen molar-refractivity contribution in [2.24, 2.45) is 0 Å². The monoisotopic (exact) mass is 164 g/mol. The molecule has 0 radical (unpaired) electrons. The highest BCUT2D eigenvalue weighted by Gasteiger charge is 2.37. The van der Waals surface area contributed by atoms with Crippen LogP contribution in [0.4, 0.5) is 0 Å². The molecule has 2 bridgehead atoms. The summed E-state index contributed by atoms with van der Waals surface area (Å²) in [5.74, 6) is 5.68. The molecule has 0 amide bonds. The van der Waals surface area contributed by atoms with E-state index in [1.807, 2.05) is 6.92 Å². The third kappa shape index (κ3) is 1.38. The molecule has 0 N–H and O–H groups in total. The lowest BCUT2D eigenvalue weighted by molar-refractivity contribution is 0.0280. The first-order valence-electron chi connectivity index (χ1n) is 4.25. The molecule has 1 fully saturated rings. The topological polar surface area (TPSA) is 18.5 Å². The Balaban J connectivity index is 1.82. The molecule has 2 heterocycles. The highest BCUT2D eigenvalue weighted by atomic mass is 16.6. The number of hydrogen-bond acceptors (Lipinski definition) is 2. The van der Waals surface area contributed by atoms with Gasteiger partial charge in [-0.25, -0.2) is 0 Å². The molecule has 0 aromatic heterocycles. The maximum atomic E-state index is 5.53. The molecule has 2 rings (SSSR count). The van der Waals surface area contributed by atoms with E-state index in [9.17, 15) is 0 Å². The fraction of sp³-hybridized carbons (Fsp3) is 0.600. The quantitative estimate of drug-likeness (QED) is 0.450. The van der Waals surface area contributed by atoms with Gasteiger partial charge in [0, 0.05) is 6.42 Å². The summed E-state index contributed by atoms with van der Waals surface area (Å²) in [6.45, 7) is 2.35. The lowest BCUT2D eigenvalue weighted by Gasteiger charge is -2.13. The van der Waals surface area contributed by atoms with Crippen LogP contribution in [0.25, 0.3) is 0 Å². The SMILES string of the molecule is CC#CCO[C@H]1C[C@H]2C=C[C@@H]1O2. The second kappa shape index (κ2) is 3.30. The van der Waals surface area contributed by atoms with E-state index in [1.165, 1.54) is 0 Å². The lowest BCUT2D eigenvalue weighted by Crippen LogP contribution is -2.23. The molecule has 0 saturated carbocycles. The van der Waals surface area contributed by atoms with Crippen molar-refractivity contribution < 1.29 is 9.47 Å². The number of ether oxygens (including phenoxy) is 2. The van der Waals surface area contributed by atoms with E-state index in [4.69, 9.17) is 9.47 Å². The van der Waals surface area contributed by atoms with Gasteiger partial charge in [-0.3, -0.25) is 0 Å². The van der Waals surface area contributed by atoms with Gasteiger partial charge in [0.25, 0.3) is 0 Å². The molecule has 2 aliphatic rings. The van der Waals surface area contributed by atoms with Crippen LogP contribution in [0.2, 0.25) is 0 Å². The summed E-state index contributed by atoms with van der Waals surface area (Å²) in [7, 11) is 0. The number of hydrogen-bond donors (Lipinski definition) is 0. The Labute approximate surface area is 72.5 Å². The van der Waals surface area contributed by atoms with Gasteiger partial charge in [-0.1, -0.05) is 18.1 Å². The van der Waals surface area contributed by atoms with Crippen molar-refractivity contribution in [3.63, 3.8) is 0 Å². The molecule has 1 saturated heterocycles. The van der Waals surface area contributed by atoms with E-state index in [1.54, 1.807) is 0 Å². The fourth-order valence-electron chi connectivity index (χ4n) is 1.62. The van der Waals surface area contributed by atoms with Crippen molar-refractivity contribution in [1.82, 2.24) is 0 Å². The largest absolute Gasteiger partial charge is 0.364 e. The first kappa shape index (κ1) is 7.85. The Bertz CT molecular complexity index is 246. The van der Waals surface area contributed by atoms with Crippen molar-refractivity contribution in [1.29, 1.82) is 0 Å². The van der Waals surface area contributed by atoms with E-state index in [0.29, 0.717) is 12.7 Å². The van der Waals surface area contributed by atoms with Gasteiger partial charge in [0.2, 0.25) is 0 Å². The first-order chi connectivity index (χ1) is 5.90. The van der Waals surface area contributed by atoms with E-state index in [0.717, 1.165) is 6.42 Å². The molecule has 0 aromatic rings. The van der Waals surface area contributed by atoms with E-state index in [2.05, 4.69) is 24.0 Å². The lowest BCUT2D eigenvalue weighted by atomic mass is 10.1. The molecular formula is C10H12O2. The maximum absolute atomic E-state index is 5.53. The minimum absolute atomic E-state index is 0.189. The highest BCUT2D eigenvalue weighted by Crippen LogP contribution is 2.30. The zero-order valence-corrected chi connectivity index (χ0v) is 7.12. The normalized spacial score (nSPS) is 36.6. The zero-order chi connectivity index (χ0) is 8.39. The smallest absolute Gasteiger partial charge is 0.108 e. The van der Waals surface area contributed by atoms with Crippen LogP contribution in [0.1, 0.15) is 13.3 Å². The molecule has 64 valence electrons. The molecule has 2 heteroatoms. The predicted molar refractivity (Wildman–Crippen MR) is 45.6 cm³/mol. The van der Waals surface area contributed by atoms with Gasteiger partial charge in [-0.15, -0.1) is 5.92 Å². The van der Waals surface area contributed by atoms with Crippen LogP contribution in [-0.2, 0) is 9.47 Å². The van der Waals surface area contributed by atoms with E-state index in [-0.39, 0.29) is 12.2 Å². The van der Waals surface area contributed by atoms with Crippen LogP contribution in [0, 0.1) is 11.8 Å². The number of fused-ring (bicyclic) bond motifs is 2. The predicted octanol–water partition coefficient (Wildman–Crippen LogP) is 1.12. The van der Waals surface area contributed by atoms with Crippen molar-refractivity contribution in [2.45, 2.75) is 31.7 Å². The minimum Gasteiger partial charge on any atom is -0.364 e. The maximum Gasteiger partial charge on any atom is 0.108 e. The Morgan fingerprint density at radius 1 is 1.58 bits per heavy atom. The second-order valence-corrected chi connectivity index (χ2v) is 3.04. The van der Waals surface area contributed by atoms with Crippen LogP contribution in [0.15, 0.2) is 12.2 Å². The Hall–Kier alpha value is -0.780. The van der Waals surface area contributed by atoms with Crippen LogP contribution in [0.3, 0.4) is 0 Å². The summed E-state index contributed by atoms with van der Waals surface area (Å²) in [6.07, 6.45) is 5.91. The minimum atomic E-state index is 0.189. The molecule has 0 spiro atoms. The van der Waals surface area contributed by atoms with Gasteiger partial charge < -0.3 is 9.47 Å². The van der Waals surface area contributed by atoms with Crippen molar-refractivity contribution in [2.75, 3.05) is 6.61 Å². The molecule has 0 unspecified atom stereocenters. The van der Waals surface area contributed by atoms with Gasteiger partial charge in [0.05, 0.1) is 12.2 Å². The summed E-state index contributed by atoms with van der Waals surface area (Å²) in [6, 6.07) is 0. The van der Waals surface area contributed by atoms with Gasteiger partial charge in [-0.05, 0) is 6.92 Å². The Morgan fingerprint density at radius 3 is 3.08 bits per heavy atom. The third-order valence-corrected chi connectivity index (χ3v) is 2.22. The number of rotatable bonds is 2. The average Bonchev–Trinajstić information content (AvgIpc) is 2.65. The van der Waals surface area contributed by atoms with Gasteiger partial charge in [-0.2, -0.15) is 0 Å². The summed E-state index contributed by atoms with van der Waals surface area (Å²) >= 11 is 0. The summed E-state index contributed by atoms with van der Waals surface area (Å²) in [5.41, 5.74) is 0. The van der Waals surface area contributed by atoms with Crippen molar-refractivity contribution >= 4 is 0 Å². The third-order valence-electron chi connectivity index (χ3n) is 2.22. The molecule has 2 aliphatic heterocycles. The molecule has 0 aromatic carbocycles. The summed E-state index contributed by atoms with van der Waals surface area (Å²) in [5, 5.41) is 0. The van der Waals surface area contributed by atoms with E-state index < -0.39 is 0 Å². The first-order valence-corrected chi connectivity index (χ1v) is 4.25. The molecular weight excluding hydrogens is 152 g/mol. The summed E-state index contributed by atoms with van der Waals surface area (Å²) < 4.78 is 11.1. The highest BCUT2D eigenvalue weighted by molar-refractivity contribution is 5.12. The second-order valence-electron chi connectivity index (χ2n) is 3.04. The van der Waals surface area contributed by atoms with Gasteiger partial charge in [0.1, 0.15) is 12.7 Å². The molecule has 12 heavy (non-hydrogen) atoms. The van der Waals surface area contributed by atoms with Gasteiger partial charge >= 0.3 is 0 Å². The van der Waals surface area contributed by atoms with Gasteiger partial charge in [0.15, 0.2) is 0 Å². The molecule has 2 nitrogen and oxygen atoms in total. The summed E-state index contributed by atoms with van der Waals surface area (Å²) in [4.78, 5) is 0. The van der Waals surface area contributed by atoms with Crippen molar-refractivity contribution in [3.05, 3.63) is 12.2 Å². The van der Waals surface area contributed by atoms with Crippen LogP contribution in [0.5, 0.6) is 0 Å². The fourth-order valence-corrected chi connectivity index (χ4v) is 1.62. The van der Waals surface area contributed by atoms with Crippen LogP contribution >= 0.6 is 0 Å². The Morgan fingerprint density at radius 2 is 2.50 bits per heavy atom. The zero-order valence-electron chi connectivity index (χ0n) is 7.12. The van der Waals surface area contributed by atoms with Crippen molar-refractivity contribution in [3.8, 4) is 11.8 Å². The average molecular weight is 164 g/mol. The standard InChI is InChI=1S/C10H12O2/c1-2-3-6-11-10-7-8-4-5-9(10)12-8/h4-5,8-10H,6-7H2,1H3/t8-,9+,10+/m1/s1. The Kier molecular flexibility index (Phi) is 2.16. The van der Waals surface area contributed by atoms with E-state index >= 15 is 0 Å². The van der Waals surface area contributed by atoms with Crippen LogP contribution in [-0.4, -0.2) is 24.9 Å². The molecule has 0 aliphatic carbocycles. The molecule has 3 atom stereocenters.